The van der Waals surface area contributed by atoms with Crippen LogP contribution in [0.5, 0.6) is 5.88 Å². The predicted molar refractivity (Wildman–Crippen MR) is 98.3 cm³/mol. The number of aromatic nitrogens is 4. The first-order chi connectivity index (χ1) is 13.4. The van der Waals surface area contributed by atoms with Crippen LogP contribution in [0.25, 0.3) is 10.8 Å². The molecule has 0 saturated heterocycles. The smallest absolute Gasteiger partial charge is 0.275 e. The molecule has 3 aromatic rings. The first-order valence-corrected chi connectivity index (χ1v) is 8.98. The van der Waals surface area contributed by atoms with Gasteiger partial charge in [0.1, 0.15) is 18.8 Å². The van der Waals surface area contributed by atoms with E-state index in [2.05, 4.69) is 36.3 Å². The number of benzene rings is 1. The topological polar surface area (TPSA) is 99.0 Å². The van der Waals surface area contributed by atoms with E-state index in [1.54, 1.807) is 18.2 Å². The van der Waals surface area contributed by atoms with Crippen LogP contribution in [0, 0.1) is 5.82 Å². The van der Waals surface area contributed by atoms with Gasteiger partial charge in [-0.25, -0.2) is 23.4 Å². The predicted octanol–water partition coefficient (Wildman–Crippen LogP) is 2.22. The molecule has 1 amide bonds. The van der Waals surface area contributed by atoms with Gasteiger partial charge in [0.25, 0.3) is 5.56 Å². The van der Waals surface area contributed by atoms with Crippen molar-refractivity contribution in [3.8, 4) is 5.88 Å². The maximum Gasteiger partial charge on any atom is 0.275 e. The Kier molecular flexibility index (Phi) is 4.75. The number of amides is 1. The fourth-order valence-electron chi connectivity index (χ4n) is 2.51. The molecule has 1 unspecified atom stereocenters. The molecule has 11 heteroatoms. The molecule has 1 N–H and O–H groups in total. The van der Waals surface area contributed by atoms with Gasteiger partial charge in [-0.1, -0.05) is 15.9 Å². The summed E-state index contributed by atoms with van der Waals surface area (Å²) in [4.78, 5) is 32.1. The molecule has 8 nitrogen and oxygen atoms in total. The van der Waals surface area contributed by atoms with Gasteiger partial charge < -0.3 is 4.74 Å². The Bertz CT molecular complexity index is 1120. The molecule has 1 fully saturated rings. The summed E-state index contributed by atoms with van der Waals surface area (Å²) in [6, 6.07) is 4.87. The standard InChI is InChI=1S/C17H12BrF2N5O3/c18-8-1-2-10-11(3-8)15(28-13-4-12(13)20)24-25(16(10)27)7-14(26)23-17-21-5-9(19)6-22-17/h1-3,5-6,12-13H,4,7H2,(H,21,22,23,26)/t12?,13-/m0/s1. The van der Waals surface area contributed by atoms with Crippen LogP contribution in [0.4, 0.5) is 14.7 Å². The molecule has 2 heterocycles. The van der Waals surface area contributed by atoms with Crippen molar-refractivity contribution in [1.29, 1.82) is 0 Å². The SMILES string of the molecule is O=C(Cn1nc(O[C@H]2CC2F)c2cc(Br)ccc2c1=O)Nc1ncc(F)cn1. The molecule has 28 heavy (non-hydrogen) atoms. The van der Waals surface area contributed by atoms with E-state index in [1.165, 1.54) is 0 Å². The molecule has 1 aliphatic rings. The number of hydrogen-bond acceptors (Lipinski definition) is 6. The third-order valence-corrected chi connectivity index (χ3v) is 4.47. The molecule has 2 aromatic heterocycles. The van der Waals surface area contributed by atoms with Gasteiger partial charge in [-0.3, -0.25) is 14.9 Å². The number of carbonyl (C=O) groups is 1. The lowest BCUT2D eigenvalue weighted by Gasteiger charge is -2.12. The van der Waals surface area contributed by atoms with Crippen molar-refractivity contribution in [3.05, 3.63) is 51.2 Å². The lowest BCUT2D eigenvalue weighted by atomic mass is 10.2. The fourth-order valence-corrected chi connectivity index (χ4v) is 2.87. The van der Waals surface area contributed by atoms with Crippen LogP contribution in [0.2, 0.25) is 0 Å². The van der Waals surface area contributed by atoms with Crippen molar-refractivity contribution < 1.29 is 18.3 Å². The van der Waals surface area contributed by atoms with Gasteiger partial charge in [0.05, 0.1) is 23.2 Å². The second-order valence-corrected chi connectivity index (χ2v) is 7.05. The summed E-state index contributed by atoms with van der Waals surface area (Å²) in [6.07, 6.45) is 0.343. The number of hydrogen-bond donors (Lipinski definition) is 1. The highest BCUT2D eigenvalue weighted by Crippen LogP contribution is 2.33. The van der Waals surface area contributed by atoms with Crippen molar-refractivity contribution in [2.45, 2.75) is 25.2 Å². The van der Waals surface area contributed by atoms with Gasteiger partial charge in [0, 0.05) is 10.9 Å². The molecule has 1 saturated carbocycles. The molecule has 1 aromatic carbocycles. The first-order valence-electron chi connectivity index (χ1n) is 8.19. The number of nitrogens with one attached hydrogen (secondary N) is 1. The minimum atomic E-state index is -1.08. The highest BCUT2D eigenvalue weighted by atomic mass is 79.9. The Morgan fingerprint density at radius 1 is 1.32 bits per heavy atom. The summed E-state index contributed by atoms with van der Waals surface area (Å²) in [6.45, 7) is -0.453. The third kappa shape index (κ3) is 3.84. The van der Waals surface area contributed by atoms with Crippen LogP contribution in [-0.4, -0.2) is 37.9 Å². The van der Waals surface area contributed by atoms with Crippen LogP contribution >= 0.6 is 15.9 Å². The Labute approximate surface area is 164 Å². The number of ether oxygens (including phenoxy) is 1. The van der Waals surface area contributed by atoms with Gasteiger partial charge in [0.2, 0.25) is 17.7 Å². The molecule has 0 aliphatic heterocycles. The van der Waals surface area contributed by atoms with Gasteiger partial charge >= 0.3 is 0 Å². The van der Waals surface area contributed by atoms with Crippen LogP contribution in [-0.2, 0) is 11.3 Å². The summed E-state index contributed by atoms with van der Waals surface area (Å²) in [5.74, 6) is -1.34. The lowest BCUT2D eigenvalue weighted by Crippen LogP contribution is -2.30. The first kappa shape index (κ1) is 18.4. The van der Waals surface area contributed by atoms with Gasteiger partial charge in [-0.15, -0.1) is 5.10 Å². The lowest BCUT2D eigenvalue weighted by molar-refractivity contribution is -0.117. The van der Waals surface area contributed by atoms with E-state index >= 15 is 0 Å². The minimum absolute atomic E-state index is 0.0619. The number of rotatable bonds is 5. The van der Waals surface area contributed by atoms with Gasteiger partial charge in [-0.05, 0) is 18.2 Å². The average Bonchev–Trinajstić information content (AvgIpc) is 3.35. The van der Waals surface area contributed by atoms with E-state index < -0.39 is 36.1 Å². The zero-order valence-corrected chi connectivity index (χ0v) is 15.7. The molecule has 144 valence electrons. The maximum absolute atomic E-state index is 13.3. The summed E-state index contributed by atoms with van der Waals surface area (Å²) >= 11 is 3.31. The molecule has 1 aliphatic carbocycles. The van der Waals surface area contributed by atoms with Crippen LogP contribution in [0.1, 0.15) is 6.42 Å². The van der Waals surface area contributed by atoms with E-state index in [4.69, 9.17) is 4.74 Å². The van der Waals surface area contributed by atoms with Gasteiger partial charge in [0.15, 0.2) is 5.82 Å². The number of fused-ring (bicyclic) bond motifs is 1. The van der Waals surface area contributed by atoms with Crippen molar-refractivity contribution >= 4 is 38.6 Å². The second-order valence-electron chi connectivity index (χ2n) is 6.14. The molecular formula is C17H12BrF2N5O3. The Morgan fingerprint density at radius 2 is 2.04 bits per heavy atom. The minimum Gasteiger partial charge on any atom is -0.470 e. The highest BCUT2D eigenvalue weighted by molar-refractivity contribution is 9.10. The van der Waals surface area contributed by atoms with Crippen molar-refractivity contribution in [1.82, 2.24) is 19.7 Å². The third-order valence-electron chi connectivity index (χ3n) is 3.97. The van der Waals surface area contributed by atoms with Crippen LogP contribution < -0.4 is 15.6 Å². The second kappa shape index (κ2) is 7.23. The van der Waals surface area contributed by atoms with Crippen LogP contribution in [0.15, 0.2) is 39.9 Å². The summed E-state index contributed by atoms with van der Waals surface area (Å²) < 4.78 is 33.3. The number of halogens is 3. The molecule has 0 radical (unpaired) electrons. The van der Waals surface area contributed by atoms with E-state index in [1.807, 2.05) is 0 Å². The van der Waals surface area contributed by atoms with Crippen molar-refractivity contribution in [3.63, 3.8) is 0 Å². The number of alkyl halides is 1. The maximum atomic E-state index is 13.3. The van der Waals surface area contributed by atoms with E-state index in [0.29, 0.717) is 9.86 Å². The number of carbonyl (C=O) groups excluding carboxylic acids is 1. The number of nitrogens with zero attached hydrogens (tertiary/aromatic N) is 4. The number of anilines is 1. The Balaban J connectivity index is 1.65. The molecular weight excluding hydrogens is 440 g/mol. The van der Waals surface area contributed by atoms with E-state index in [0.717, 1.165) is 17.1 Å². The average molecular weight is 452 g/mol. The largest absolute Gasteiger partial charge is 0.470 e. The van der Waals surface area contributed by atoms with Crippen LogP contribution in [0.3, 0.4) is 0 Å². The molecule has 2 atom stereocenters. The van der Waals surface area contributed by atoms with E-state index in [9.17, 15) is 18.4 Å². The summed E-state index contributed by atoms with van der Waals surface area (Å²) in [5, 5.41) is 7.12. The Morgan fingerprint density at radius 3 is 2.71 bits per heavy atom. The van der Waals surface area contributed by atoms with Crippen molar-refractivity contribution in [2.24, 2.45) is 0 Å². The highest BCUT2D eigenvalue weighted by Gasteiger charge is 2.41. The zero-order chi connectivity index (χ0) is 19.8. The monoisotopic (exact) mass is 451 g/mol. The molecule has 4 rings (SSSR count). The summed E-state index contributed by atoms with van der Waals surface area (Å²) in [5.41, 5.74) is -0.516. The Hall–Kier alpha value is -2.95. The molecule has 0 spiro atoms. The van der Waals surface area contributed by atoms with E-state index in [-0.39, 0.29) is 23.6 Å². The quantitative estimate of drug-likeness (QED) is 0.638. The summed E-state index contributed by atoms with van der Waals surface area (Å²) in [7, 11) is 0. The van der Waals surface area contributed by atoms with Crippen molar-refractivity contribution in [2.75, 3.05) is 5.32 Å². The zero-order valence-electron chi connectivity index (χ0n) is 14.1. The normalized spacial score (nSPS) is 18.1. The fraction of sp³-hybridized carbons (Fsp3) is 0.235. The van der Waals surface area contributed by atoms with Gasteiger partial charge in [-0.2, -0.15) is 0 Å². The molecule has 0 bridgehead atoms.